The van der Waals surface area contributed by atoms with Crippen LogP contribution in [-0.4, -0.2) is 43.8 Å². The predicted octanol–water partition coefficient (Wildman–Crippen LogP) is 1.89. The summed E-state index contributed by atoms with van der Waals surface area (Å²) in [5.41, 5.74) is 0.0679. The van der Waals surface area contributed by atoms with Crippen LogP contribution in [-0.2, 0) is 4.74 Å². The number of nitrogens with one attached hydrogen (secondary N) is 1. The molecule has 2 rings (SSSR count). The number of pyridine rings is 1. The van der Waals surface area contributed by atoms with Gasteiger partial charge in [-0.05, 0) is 18.8 Å². The van der Waals surface area contributed by atoms with E-state index in [0.29, 0.717) is 17.6 Å². The van der Waals surface area contributed by atoms with Crippen molar-refractivity contribution in [2.24, 2.45) is 5.92 Å². The van der Waals surface area contributed by atoms with Crippen LogP contribution in [0, 0.1) is 16.0 Å². The molecule has 0 spiro atoms. The van der Waals surface area contributed by atoms with Gasteiger partial charge in [-0.2, -0.15) is 0 Å². The molecular weight excluding hydrogens is 260 g/mol. The summed E-state index contributed by atoms with van der Waals surface area (Å²) >= 11 is 0. The van der Waals surface area contributed by atoms with Gasteiger partial charge in [0.1, 0.15) is 11.6 Å². The second kappa shape index (κ2) is 6.51. The second-order valence-electron chi connectivity index (χ2n) is 4.96. The Labute approximate surface area is 118 Å². The van der Waals surface area contributed by atoms with Crippen LogP contribution in [0.15, 0.2) is 12.1 Å². The maximum Gasteiger partial charge on any atom is 0.276 e. The maximum atomic E-state index is 11.0. The van der Waals surface area contributed by atoms with E-state index in [0.717, 1.165) is 32.5 Å². The van der Waals surface area contributed by atoms with Crippen LogP contribution in [0.3, 0.4) is 0 Å². The maximum absolute atomic E-state index is 11.0. The van der Waals surface area contributed by atoms with E-state index in [1.807, 2.05) is 0 Å². The molecule has 1 N–H and O–H groups in total. The van der Waals surface area contributed by atoms with Gasteiger partial charge in [-0.3, -0.25) is 10.1 Å². The molecular formula is C13H20N4O3. The van der Waals surface area contributed by atoms with Crippen LogP contribution in [0.1, 0.15) is 12.8 Å². The van der Waals surface area contributed by atoms with Gasteiger partial charge >= 0.3 is 0 Å². The van der Waals surface area contributed by atoms with E-state index in [9.17, 15) is 10.1 Å². The first-order valence-electron chi connectivity index (χ1n) is 6.72. The molecule has 1 fully saturated rings. The number of nitro groups is 1. The summed E-state index contributed by atoms with van der Waals surface area (Å²) in [6, 6.07) is 2.98. The van der Waals surface area contributed by atoms with Crippen LogP contribution < -0.4 is 10.2 Å². The van der Waals surface area contributed by atoms with Crippen molar-refractivity contribution in [3.05, 3.63) is 22.2 Å². The lowest BCUT2D eigenvalue weighted by Gasteiger charge is -2.32. The van der Waals surface area contributed by atoms with Gasteiger partial charge in [-0.25, -0.2) is 4.98 Å². The monoisotopic (exact) mass is 280 g/mol. The van der Waals surface area contributed by atoms with E-state index in [4.69, 9.17) is 4.74 Å². The molecule has 1 aromatic rings. The number of anilines is 2. The highest BCUT2D eigenvalue weighted by atomic mass is 16.6. The molecule has 0 unspecified atom stereocenters. The highest BCUT2D eigenvalue weighted by Crippen LogP contribution is 2.27. The Morgan fingerprint density at radius 2 is 2.20 bits per heavy atom. The summed E-state index contributed by atoms with van der Waals surface area (Å²) in [7, 11) is 3.42. The third kappa shape index (κ3) is 3.36. The normalized spacial score (nSPS) is 16.2. The second-order valence-corrected chi connectivity index (χ2v) is 4.96. The Bertz CT molecular complexity index is 473. The smallest absolute Gasteiger partial charge is 0.276 e. The standard InChI is InChI=1S/C13H20N4O3/c1-14-12-7-11(17(18)19)8-13(15-12)16-5-3-10(4-6-16)9-20-2/h7-8,10H,3-6,9H2,1-2H3,(H,14,15). The molecule has 0 saturated carbocycles. The lowest BCUT2D eigenvalue weighted by atomic mass is 9.98. The van der Waals surface area contributed by atoms with Crippen LogP contribution in [0.4, 0.5) is 17.3 Å². The number of nitrogens with zero attached hydrogens (tertiary/aromatic N) is 3. The average Bonchev–Trinajstić information content (AvgIpc) is 2.47. The third-order valence-electron chi connectivity index (χ3n) is 3.60. The fourth-order valence-corrected chi connectivity index (χ4v) is 2.46. The first-order chi connectivity index (χ1) is 9.63. The quantitative estimate of drug-likeness (QED) is 0.655. The SMILES string of the molecule is CNc1cc([N+](=O)[O-])cc(N2CCC(COC)CC2)n1. The zero-order chi connectivity index (χ0) is 14.5. The topological polar surface area (TPSA) is 80.5 Å². The largest absolute Gasteiger partial charge is 0.384 e. The van der Waals surface area contributed by atoms with Crippen molar-refractivity contribution < 1.29 is 9.66 Å². The van der Waals surface area contributed by atoms with Crippen molar-refractivity contribution in [2.75, 3.05) is 44.1 Å². The van der Waals surface area contributed by atoms with Gasteiger partial charge in [0.25, 0.3) is 5.69 Å². The lowest BCUT2D eigenvalue weighted by molar-refractivity contribution is -0.384. The fourth-order valence-electron chi connectivity index (χ4n) is 2.46. The molecule has 0 amide bonds. The third-order valence-corrected chi connectivity index (χ3v) is 3.60. The molecule has 110 valence electrons. The summed E-state index contributed by atoms with van der Waals surface area (Å²) in [5.74, 6) is 1.76. The Hall–Kier alpha value is -1.89. The van der Waals surface area contributed by atoms with E-state index in [1.54, 1.807) is 14.2 Å². The predicted molar refractivity (Wildman–Crippen MR) is 77.3 cm³/mol. The number of piperidine rings is 1. The minimum absolute atomic E-state index is 0.0679. The summed E-state index contributed by atoms with van der Waals surface area (Å²) in [6.07, 6.45) is 2.04. The Morgan fingerprint density at radius 3 is 2.75 bits per heavy atom. The molecule has 1 aliphatic rings. The van der Waals surface area contributed by atoms with E-state index >= 15 is 0 Å². The molecule has 2 heterocycles. The number of ether oxygens (including phenoxy) is 1. The molecule has 0 radical (unpaired) electrons. The van der Waals surface area contributed by atoms with Gasteiger partial charge < -0.3 is 15.0 Å². The highest BCUT2D eigenvalue weighted by molar-refractivity contribution is 5.55. The number of rotatable bonds is 5. The summed E-state index contributed by atoms with van der Waals surface area (Å²) in [5, 5.41) is 13.8. The van der Waals surface area contributed by atoms with Crippen molar-refractivity contribution in [2.45, 2.75) is 12.8 Å². The van der Waals surface area contributed by atoms with Gasteiger partial charge in [-0.15, -0.1) is 0 Å². The van der Waals surface area contributed by atoms with E-state index in [-0.39, 0.29) is 10.6 Å². The number of aromatic nitrogens is 1. The minimum atomic E-state index is -0.385. The lowest BCUT2D eigenvalue weighted by Crippen LogP contribution is -2.35. The molecule has 0 bridgehead atoms. The highest BCUT2D eigenvalue weighted by Gasteiger charge is 2.22. The molecule has 0 atom stereocenters. The first-order valence-corrected chi connectivity index (χ1v) is 6.72. The van der Waals surface area contributed by atoms with Crippen molar-refractivity contribution in [1.29, 1.82) is 0 Å². The van der Waals surface area contributed by atoms with E-state index in [2.05, 4.69) is 15.2 Å². The van der Waals surface area contributed by atoms with Crippen molar-refractivity contribution in [3.63, 3.8) is 0 Å². The molecule has 0 aromatic carbocycles. The Kier molecular flexibility index (Phi) is 4.73. The van der Waals surface area contributed by atoms with Crippen molar-refractivity contribution >= 4 is 17.3 Å². The number of hydrogen-bond donors (Lipinski definition) is 1. The number of hydrogen-bond acceptors (Lipinski definition) is 6. The van der Waals surface area contributed by atoms with E-state index in [1.165, 1.54) is 12.1 Å². The van der Waals surface area contributed by atoms with E-state index < -0.39 is 0 Å². The molecule has 7 nitrogen and oxygen atoms in total. The van der Waals surface area contributed by atoms with Crippen molar-refractivity contribution in [1.82, 2.24) is 4.98 Å². The van der Waals surface area contributed by atoms with Gasteiger partial charge in [-0.1, -0.05) is 0 Å². The molecule has 20 heavy (non-hydrogen) atoms. The van der Waals surface area contributed by atoms with Crippen LogP contribution >= 0.6 is 0 Å². The molecule has 1 aromatic heterocycles. The number of methoxy groups -OCH3 is 1. The summed E-state index contributed by atoms with van der Waals surface area (Å²) in [6.45, 7) is 2.48. The minimum Gasteiger partial charge on any atom is -0.384 e. The molecule has 1 saturated heterocycles. The first kappa shape index (κ1) is 14.5. The average molecular weight is 280 g/mol. The summed E-state index contributed by atoms with van der Waals surface area (Å²) < 4.78 is 5.18. The van der Waals surface area contributed by atoms with Crippen LogP contribution in [0.2, 0.25) is 0 Å². The van der Waals surface area contributed by atoms with Crippen molar-refractivity contribution in [3.8, 4) is 0 Å². The van der Waals surface area contributed by atoms with Crippen LogP contribution in [0.25, 0.3) is 0 Å². The van der Waals surface area contributed by atoms with Gasteiger partial charge in [0, 0.05) is 33.9 Å². The molecule has 1 aliphatic heterocycles. The van der Waals surface area contributed by atoms with Gasteiger partial charge in [0.15, 0.2) is 0 Å². The Morgan fingerprint density at radius 1 is 1.50 bits per heavy atom. The van der Waals surface area contributed by atoms with Gasteiger partial charge in [0.05, 0.1) is 17.1 Å². The zero-order valence-electron chi connectivity index (χ0n) is 11.8. The fraction of sp³-hybridized carbons (Fsp3) is 0.615. The Balaban J connectivity index is 2.12. The summed E-state index contributed by atoms with van der Waals surface area (Å²) in [4.78, 5) is 17.1. The molecule has 0 aliphatic carbocycles. The molecule has 7 heteroatoms. The van der Waals surface area contributed by atoms with Crippen LogP contribution in [0.5, 0.6) is 0 Å². The zero-order valence-corrected chi connectivity index (χ0v) is 11.8. The van der Waals surface area contributed by atoms with Gasteiger partial charge in [0.2, 0.25) is 0 Å².